The van der Waals surface area contributed by atoms with E-state index in [4.69, 9.17) is 9.84 Å². The first kappa shape index (κ1) is 10.5. The average Bonchev–Trinajstić information content (AvgIpc) is 2.27. The fourth-order valence-electron chi connectivity index (χ4n) is 1.55. The molecule has 0 atom stereocenters. The van der Waals surface area contributed by atoms with Crippen LogP contribution in [0, 0.1) is 0 Å². The Morgan fingerprint density at radius 1 is 1.20 bits per heavy atom. The summed E-state index contributed by atoms with van der Waals surface area (Å²) in [5, 5.41) is 11.2. The van der Waals surface area contributed by atoms with Crippen LogP contribution >= 0.6 is 15.9 Å². The van der Waals surface area contributed by atoms with Gasteiger partial charge in [-0.05, 0) is 50.5 Å². The molecule has 2 rings (SSSR count). The Morgan fingerprint density at radius 2 is 2.00 bits per heavy atom. The number of ether oxygens (including phenoxy) is 1. The fraction of sp³-hybridized carbons (Fsp3) is 0.167. The first-order valence-electron chi connectivity index (χ1n) is 4.61. The van der Waals surface area contributed by atoms with Crippen molar-refractivity contribution in [3.05, 3.63) is 40.4 Å². The standard InChI is InChI=1S/C12H11BrO2/c1-15-12-6-9-3-2-8(7-14)4-10(9)5-11(12)13/h2-6,14H,7H2,1H3. The highest BCUT2D eigenvalue weighted by Gasteiger charge is 2.03. The summed E-state index contributed by atoms with van der Waals surface area (Å²) in [5.41, 5.74) is 0.916. The number of rotatable bonds is 2. The monoisotopic (exact) mass is 266 g/mol. The van der Waals surface area contributed by atoms with Gasteiger partial charge in [0.25, 0.3) is 0 Å². The van der Waals surface area contributed by atoms with Crippen molar-refractivity contribution in [3.8, 4) is 5.75 Å². The molecule has 0 saturated carbocycles. The minimum Gasteiger partial charge on any atom is -0.496 e. The van der Waals surface area contributed by atoms with Gasteiger partial charge in [-0.1, -0.05) is 12.1 Å². The van der Waals surface area contributed by atoms with Crippen LogP contribution in [0.4, 0.5) is 0 Å². The van der Waals surface area contributed by atoms with Crippen LogP contribution in [0.5, 0.6) is 5.75 Å². The maximum atomic E-state index is 9.03. The number of halogens is 1. The van der Waals surface area contributed by atoms with Crippen molar-refractivity contribution >= 4 is 26.7 Å². The van der Waals surface area contributed by atoms with Gasteiger partial charge in [-0.25, -0.2) is 0 Å². The number of aliphatic hydroxyl groups excluding tert-OH is 1. The highest BCUT2D eigenvalue weighted by atomic mass is 79.9. The van der Waals surface area contributed by atoms with E-state index in [1.807, 2.05) is 30.3 Å². The third-order valence-corrected chi connectivity index (χ3v) is 2.98. The van der Waals surface area contributed by atoms with E-state index in [0.717, 1.165) is 26.6 Å². The number of methoxy groups -OCH3 is 1. The van der Waals surface area contributed by atoms with E-state index in [0.29, 0.717) is 0 Å². The summed E-state index contributed by atoms with van der Waals surface area (Å²) in [5.74, 6) is 0.819. The van der Waals surface area contributed by atoms with Crippen molar-refractivity contribution in [2.24, 2.45) is 0 Å². The van der Waals surface area contributed by atoms with E-state index in [1.165, 1.54) is 0 Å². The summed E-state index contributed by atoms with van der Waals surface area (Å²) in [6.07, 6.45) is 0. The molecule has 0 aliphatic rings. The summed E-state index contributed by atoms with van der Waals surface area (Å²) in [4.78, 5) is 0. The molecule has 0 amide bonds. The van der Waals surface area contributed by atoms with Crippen LogP contribution in [0.1, 0.15) is 5.56 Å². The minimum absolute atomic E-state index is 0.0690. The molecule has 2 nitrogen and oxygen atoms in total. The molecule has 0 unspecified atom stereocenters. The SMILES string of the molecule is COc1cc2ccc(CO)cc2cc1Br. The van der Waals surface area contributed by atoms with Crippen molar-refractivity contribution in [1.29, 1.82) is 0 Å². The maximum Gasteiger partial charge on any atom is 0.133 e. The zero-order chi connectivity index (χ0) is 10.8. The van der Waals surface area contributed by atoms with Crippen molar-refractivity contribution in [2.45, 2.75) is 6.61 Å². The summed E-state index contributed by atoms with van der Waals surface area (Å²) < 4.78 is 6.14. The zero-order valence-electron chi connectivity index (χ0n) is 8.33. The number of fused-ring (bicyclic) bond motifs is 1. The van der Waals surface area contributed by atoms with E-state index in [-0.39, 0.29) is 6.61 Å². The van der Waals surface area contributed by atoms with Crippen molar-refractivity contribution in [3.63, 3.8) is 0 Å². The zero-order valence-corrected chi connectivity index (χ0v) is 9.91. The summed E-state index contributed by atoms with van der Waals surface area (Å²) in [6, 6.07) is 9.83. The molecule has 0 bridgehead atoms. The van der Waals surface area contributed by atoms with Crippen LogP contribution in [-0.4, -0.2) is 12.2 Å². The fourth-order valence-corrected chi connectivity index (χ4v) is 2.08. The van der Waals surface area contributed by atoms with Gasteiger partial charge in [0.1, 0.15) is 5.75 Å². The molecule has 3 heteroatoms. The topological polar surface area (TPSA) is 29.5 Å². The molecule has 78 valence electrons. The lowest BCUT2D eigenvalue weighted by atomic mass is 10.1. The normalized spacial score (nSPS) is 10.6. The lowest BCUT2D eigenvalue weighted by Gasteiger charge is -2.06. The van der Waals surface area contributed by atoms with Crippen LogP contribution in [0.15, 0.2) is 34.8 Å². The second-order valence-electron chi connectivity index (χ2n) is 3.33. The quantitative estimate of drug-likeness (QED) is 0.905. The lowest BCUT2D eigenvalue weighted by Crippen LogP contribution is -1.86. The molecule has 2 aromatic rings. The Hall–Kier alpha value is -1.06. The molecule has 15 heavy (non-hydrogen) atoms. The second kappa shape index (κ2) is 4.21. The van der Waals surface area contributed by atoms with E-state index >= 15 is 0 Å². The first-order valence-corrected chi connectivity index (χ1v) is 5.41. The smallest absolute Gasteiger partial charge is 0.133 e. The second-order valence-corrected chi connectivity index (χ2v) is 4.18. The third-order valence-electron chi connectivity index (χ3n) is 2.36. The molecule has 0 radical (unpaired) electrons. The number of benzene rings is 2. The van der Waals surface area contributed by atoms with Gasteiger partial charge in [-0.2, -0.15) is 0 Å². The molecule has 0 aliphatic heterocycles. The number of hydrogen-bond donors (Lipinski definition) is 1. The molecule has 0 aliphatic carbocycles. The van der Waals surface area contributed by atoms with Crippen LogP contribution in [0.3, 0.4) is 0 Å². The first-order chi connectivity index (χ1) is 7.24. The summed E-state index contributed by atoms with van der Waals surface area (Å²) in [6.45, 7) is 0.0690. The van der Waals surface area contributed by atoms with Gasteiger partial charge in [-0.3, -0.25) is 0 Å². The number of hydrogen-bond acceptors (Lipinski definition) is 2. The average molecular weight is 267 g/mol. The van der Waals surface area contributed by atoms with Gasteiger partial charge in [-0.15, -0.1) is 0 Å². The number of aliphatic hydroxyl groups is 1. The van der Waals surface area contributed by atoms with Gasteiger partial charge in [0.15, 0.2) is 0 Å². The summed E-state index contributed by atoms with van der Waals surface area (Å²) >= 11 is 3.44. The Bertz CT molecular complexity index is 494. The molecular weight excluding hydrogens is 256 g/mol. The molecule has 0 spiro atoms. The van der Waals surface area contributed by atoms with Gasteiger partial charge in [0.2, 0.25) is 0 Å². The van der Waals surface area contributed by atoms with Gasteiger partial charge in [0.05, 0.1) is 18.2 Å². The largest absolute Gasteiger partial charge is 0.496 e. The summed E-state index contributed by atoms with van der Waals surface area (Å²) in [7, 11) is 1.65. The van der Waals surface area contributed by atoms with E-state index < -0.39 is 0 Å². The van der Waals surface area contributed by atoms with Crippen molar-refractivity contribution < 1.29 is 9.84 Å². The van der Waals surface area contributed by atoms with Crippen LogP contribution in [0.2, 0.25) is 0 Å². The molecule has 1 N–H and O–H groups in total. The van der Waals surface area contributed by atoms with Crippen LogP contribution < -0.4 is 4.74 Å². The van der Waals surface area contributed by atoms with E-state index in [2.05, 4.69) is 15.9 Å². The highest BCUT2D eigenvalue weighted by Crippen LogP contribution is 2.30. The molecule has 0 saturated heterocycles. The van der Waals surface area contributed by atoms with Crippen LogP contribution in [0.25, 0.3) is 10.8 Å². The minimum atomic E-state index is 0.0690. The van der Waals surface area contributed by atoms with Crippen molar-refractivity contribution in [1.82, 2.24) is 0 Å². The molecule has 0 heterocycles. The predicted molar refractivity (Wildman–Crippen MR) is 64.1 cm³/mol. The van der Waals surface area contributed by atoms with Gasteiger partial charge < -0.3 is 9.84 Å². The Kier molecular flexibility index (Phi) is 2.93. The Morgan fingerprint density at radius 3 is 2.67 bits per heavy atom. The van der Waals surface area contributed by atoms with Crippen LogP contribution in [-0.2, 0) is 6.61 Å². The van der Waals surface area contributed by atoms with Gasteiger partial charge >= 0.3 is 0 Å². The Balaban J connectivity index is 2.65. The van der Waals surface area contributed by atoms with E-state index in [1.54, 1.807) is 7.11 Å². The highest BCUT2D eigenvalue weighted by molar-refractivity contribution is 9.10. The predicted octanol–water partition coefficient (Wildman–Crippen LogP) is 3.10. The van der Waals surface area contributed by atoms with Crippen molar-refractivity contribution in [2.75, 3.05) is 7.11 Å². The lowest BCUT2D eigenvalue weighted by molar-refractivity contribution is 0.282. The molecule has 0 aromatic heterocycles. The molecule has 0 fully saturated rings. The Labute approximate surface area is 96.6 Å². The molecular formula is C12H11BrO2. The maximum absolute atomic E-state index is 9.03. The molecule has 2 aromatic carbocycles. The third kappa shape index (κ3) is 1.98. The van der Waals surface area contributed by atoms with Gasteiger partial charge in [0, 0.05) is 0 Å². The van der Waals surface area contributed by atoms with E-state index in [9.17, 15) is 0 Å².